The Bertz CT molecular complexity index is 745. The molecule has 0 fully saturated rings. The second-order valence-corrected chi connectivity index (χ2v) is 4.83. The summed E-state index contributed by atoms with van der Waals surface area (Å²) in [6, 6.07) is 15.4. The average molecular weight is 327 g/mol. The summed E-state index contributed by atoms with van der Waals surface area (Å²) in [6.07, 6.45) is 0.648. The fourth-order valence-corrected chi connectivity index (χ4v) is 2.01. The number of hydrogen-bond donors (Lipinski definition) is 1. The molecule has 0 radical (unpaired) electrons. The van der Waals surface area contributed by atoms with Crippen LogP contribution in [0.3, 0.4) is 0 Å². The molecule has 124 valence electrons. The monoisotopic (exact) mass is 327 g/mol. The molecule has 0 spiro atoms. The van der Waals surface area contributed by atoms with Gasteiger partial charge in [0.2, 0.25) is 0 Å². The summed E-state index contributed by atoms with van der Waals surface area (Å²) in [5.74, 6) is -0.449. The van der Waals surface area contributed by atoms with Crippen LogP contribution in [0.2, 0.25) is 0 Å². The van der Waals surface area contributed by atoms with E-state index in [1.807, 2.05) is 37.3 Å². The first-order valence-corrected chi connectivity index (χ1v) is 7.39. The second kappa shape index (κ2) is 8.42. The van der Waals surface area contributed by atoms with Gasteiger partial charge in [-0.05, 0) is 18.1 Å². The quantitative estimate of drug-likeness (QED) is 0.480. The molecular weight excluding hydrogens is 310 g/mol. The van der Waals surface area contributed by atoms with Gasteiger partial charge in [-0.25, -0.2) is 5.43 Å². The number of nitro benzene ring substituents is 1. The predicted octanol–water partition coefficient (Wildman–Crippen LogP) is 2.90. The first kappa shape index (κ1) is 17.1. The van der Waals surface area contributed by atoms with Crippen molar-refractivity contribution in [1.29, 1.82) is 0 Å². The topological polar surface area (TPSA) is 93.8 Å². The highest BCUT2D eigenvalue weighted by molar-refractivity contribution is 6.00. The van der Waals surface area contributed by atoms with E-state index >= 15 is 0 Å². The van der Waals surface area contributed by atoms with Gasteiger partial charge in [0, 0.05) is 6.07 Å². The van der Waals surface area contributed by atoms with Gasteiger partial charge in [0.05, 0.1) is 10.6 Å². The Balaban J connectivity index is 1.96. The third kappa shape index (κ3) is 4.64. The van der Waals surface area contributed by atoms with Crippen molar-refractivity contribution in [1.82, 2.24) is 5.43 Å². The fraction of sp³-hybridized carbons (Fsp3) is 0.176. The molecule has 7 nitrogen and oxygen atoms in total. The molecule has 24 heavy (non-hydrogen) atoms. The number of para-hydroxylation sites is 2. The van der Waals surface area contributed by atoms with E-state index in [1.165, 1.54) is 18.2 Å². The number of hydrogen-bond acceptors (Lipinski definition) is 5. The highest BCUT2D eigenvalue weighted by Gasteiger charge is 2.14. The number of benzene rings is 2. The lowest BCUT2D eigenvalue weighted by Crippen LogP contribution is -2.26. The largest absolute Gasteiger partial charge is 0.477 e. The smallest absolute Gasteiger partial charge is 0.310 e. The van der Waals surface area contributed by atoms with Crippen LogP contribution in [0.25, 0.3) is 0 Å². The number of nitro groups is 1. The van der Waals surface area contributed by atoms with Crippen LogP contribution in [-0.2, 0) is 4.79 Å². The summed E-state index contributed by atoms with van der Waals surface area (Å²) >= 11 is 0. The van der Waals surface area contributed by atoms with Gasteiger partial charge in [0.25, 0.3) is 5.91 Å². The second-order valence-electron chi connectivity index (χ2n) is 4.83. The maximum absolute atomic E-state index is 11.8. The number of nitrogens with zero attached hydrogens (tertiary/aromatic N) is 2. The third-order valence-corrected chi connectivity index (χ3v) is 3.18. The summed E-state index contributed by atoms with van der Waals surface area (Å²) in [7, 11) is 0. The molecule has 0 saturated heterocycles. The number of nitrogens with one attached hydrogen (secondary N) is 1. The SMILES string of the molecule is CC/C(=N\NC(=O)COc1ccccc1[N+](=O)[O-])c1ccccc1. The lowest BCUT2D eigenvalue weighted by molar-refractivity contribution is -0.385. The van der Waals surface area contributed by atoms with Crippen LogP contribution >= 0.6 is 0 Å². The van der Waals surface area contributed by atoms with Crippen molar-refractivity contribution in [3.8, 4) is 5.75 Å². The van der Waals surface area contributed by atoms with E-state index in [0.29, 0.717) is 6.42 Å². The molecule has 0 aliphatic carbocycles. The van der Waals surface area contributed by atoms with E-state index in [0.717, 1.165) is 11.3 Å². The highest BCUT2D eigenvalue weighted by atomic mass is 16.6. The van der Waals surface area contributed by atoms with E-state index in [9.17, 15) is 14.9 Å². The Morgan fingerprint density at radius 1 is 1.17 bits per heavy atom. The molecule has 1 amide bonds. The van der Waals surface area contributed by atoms with Gasteiger partial charge in [0.1, 0.15) is 0 Å². The minimum atomic E-state index is -0.560. The molecule has 0 aliphatic rings. The number of ether oxygens (including phenoxy) is 1. The average Bonchev–Trinajstić information content (AvgIpc) is 2.61. The van der Waals surface area contributed by atoms with Gasteiger partial charge in [-0.1, -0.05) is 49.4 Å². The molecule has 2 aromatic carbocycles. The van der Waals surface area contributed by atoms with Crippen molar-refractivity contribution in [2.45, 2.75) is 13.3 Å². The first-order valence-electron chi connectivity index (χ1n) is 7.39. The summed E-state index contributed by atoms with van der Waals surface area (Å²) in [5.41, 5.74) is 3.87. The number of rotatable bonds is 7. The molecule has 0 aliphatic heterocycles. The lowest BCUT2D eigenvalue weighted by Gasteiger charge is -2.07. The van der Waals surface area contributed by atoms with Crippen LogP contribution in [0.15, 0.2) is 59.7 Å². The third-order valence-electron chi connectivity index (χ3n) is 3.18. The van der Waals surface area contributed by atoms with Crippen LogP contribution in [0.4, 0.5) is 5.69 Å². The first-order chi connectivity index (χ1) is 11.6. The molecule has 1 N–H and O–H groups in total. The van der Waals surface area contributed by atoms with Gasteiger partial charge in [-0.3, -0.25) is 14.9 Å². The number of carbonyl (C=O) groups is 1. The van der Waals surface area contributed by atoms with Crippen molar-refractivity contribution in [2.24, 2.45) is 5.10 Å². The van der Waals surface area contributed by atoms with E-state index in [1.54, 1.807) is 6.07 Å². The molecule has 2 aromatic rings. The maximum atomic E-state index is 11.8. The van der Waals surface area contributed by atoms with E-state index in [2.05, 4.69) is 10.5 Å². The summed E-state index contributed by atoms with van der Waals surface area (Å²) in [5, 5.41) is 15.0. The molecule has 2 rings (SSSR count). The summed E-state index contributed by atoms with van der Waals surface area (Å²) in [6.45, 7) is 1.57. The van der Waals surface area contributed by atoms with Gasteiger partial charge in [-0.2, -0.15) is 5.10 Å². The van der Waals surface area contributed by atoms with Crippen LogP contribution in [0.1, 0.15) is 18.9 Å². The molecule has 0 aromatic heterocycles. The van der Waals surface area contributed by atoms with Crippen LogP contribution in [0, 0.1) is 10.1 Å². The molecule has 0 saturated carbocycles. The molecular formula is C17H17N3O4. The number of carbonyl (C=O) groups excluding carboxylic acids is 1. The van der Waals surface area contributed by atoms with Crippen LogP contribution < -0.4 is 10.2 Å². The Labute approximate surface area is 139 Å². The van der Waals surface area contributed by atoms with E-state index in [-0.39, 0.29) is 18.0 Å². The lowest BCUT2D eigenvalue weighted by atomic mass is 10.1. The van der Waals surface area contributed by atoms with E-state index in [4.69, 9.17) is 4.74 Å². The molecule has 0 heterocycles. The Morgan fingerprint density at radius 2 is 1.83 bits per heavy atom. The van der Waals surface area contributed by atoms with Crippen LogP contribution in [-0.4, -0.2) is 23.1 Å². The van der Waals surface area contributed by atoms with Crippen molar-refractivity contribution >= 4 is 17.3 Å². The highest BCUT2D eigenvalue weighted by Crippen LogP contribution is 2.25. The van der Waals surface area contributed by atoms with Crippen molar-refractivity contribution in [3.05, 3.63) is 70.3 Å². The number of hydrazone groups is 1. The van der Waals surface area contributed by atoms with Crippen molar-refractivity contribution in [3.63, 3.8) is 0 Å². The Kier molecular flexibility index (Phi) is 6.01. The molecule has 7 heteroatoms. The Hall–Kier alpha value is -3.22. The van der Waals surface area contributed by atoms with Gasteiger partial charge >= 0.3 is 5.69 Å². The zero-order valence-corrected chi connectivity index (χ0v) is 13.1. The van der Waals surface area contributed by atoms with Crippen LogP contribution in [0.5, 0.6) is 5.75 Å². The molecule has 0 atom stereocenters. The standard InChI is InChI=1S/C17H17N3O4/c1-2-14(13-8-4-3-5-9-13)18-19-17(21)12-24-16-11-7-6-10-15(16)20(22)23/h3-11H,2,12H2,1H3,(H,19,21)/b18-14+. The zero-order valence-electron chi connectivity index (χ0n) is 13.1. The Morgan fingerprint density at radius 3 is 2.50 bits per heavy atom. The van der Waals surface area contributed by atoms with Gasteiger partial charge < -0.3 is 4.74 Å². The minimum absolute atomic E-state index is 0.0420. The van der Waals surface area contributed by atoms with Crippen molar-refractivity contribution in [2.75, 3.05) is 6.61 Å². The molecule has 0 bridgehead atoms. The van der Waals surface area contributed by atoms with Crippen molar-refractivity contribution < 1.29 is 14.5 Å². The number of amides is 1. The summed E-state index contributed by atoms with van der Waals surface area (Å²) < 4.78 is 5.21. The zero-order chi connectivity index (χ0) is 17.4. The van der Waals surface area contributed by atoms with Gasteiger partial charge in [-0.15, -0.1) is 0 Å². The molecule has 0 unspecified atom stereocenters. The van der Waals surface area contributed by atoms with Gasteiger partial charge in [0.15, 0.2) is 12.4 Å². The normalized spacial score (nSPS) is 11.0. The maximum Gasteiger partial charge on any atom is 0.310 e. The minimum Gasteiger partial charge on any atom is -0.477 e. The summed E-state index contributed by atoms with van der Waals surface area (Å²) in [4.78, 5) is 22.2. The predicted molar refractivity (Wildman–Crippen MR) is 90.0 cm³/mol. The van der Waals surface area contributed by atoms with E-state index < -0.39 is 10.8 Å². The fourth-order valence-electron chi connectivity index (χ4n) is 2.01.